The Kier molecular flexibility index (Phi) is 6.94. The van der Waals surface area contributed by atoms with Gasteiger partial charge in [0.2, 0.25) is 0 Å². The van der Waals surface area contributed by atoms with Crippen LogP contribution in [0.4, 0.5) is 4.39 Å². The smallest absolute Gasteiger partial charge is 0.331 e. The molecular weight excluding hydrogens is 429 g/mol. The SMILES string of the molecule is CCN(C(=O)COC(=O)/C=C/c1cc(Br)ccc1F)C1CCS(=O)(=O)C1. The molecule has 0 radical (unpaired) electrons. The highest BCUT2D eigenvalue weighted by atomic mass is 79.9. The Hall–Kier alpha value is -1.74. The molecule has 1 aliphatic heterocycles. The molecule has 1 aromatic rings. The number of esters is 1. The third kappa shape index (κ3) is 5.63. The average Bonchev–Trinajstić information content (AvgIpc) is 2.94. The van der Waals surface area contributed by atoms with Gasteiger partial charge in [0, 0.05) is 28.7 Å². The molecule has 1 amide bonds. The maximum Gasteiger partial charge on any atom is 0.331 e. The molecule has 0 aromatic heterocycles. The number of carbonyl (C=O) groups is 2. The van der Waals surface area contributed by atoms with Crippen molar-refractivity contribution in [3.63, 3.8) is 0 Å². The predicted octanol–water partition coefficient (Wildman–Crippen LogP) is 2.18. The molecular formula is C17H19BrFNO5S. The van der Waals surface area contributed by atoms with E-state index in [0.29, 0.717) is 17.4 Å². The fourth-order valence-electron chi connectivity index (χ4n) is 2.72. The Labute approximate surface area is 160 Å². The first-order chi connectivity index (χ1) is 12.2. The van der Waals surface area contributed by atoms with Crippen molar-refractivity contribution in [1.29, 1.82) is 0 Å². The van der Waals surface area contributed by atoms with E-state index in [0.717, 1.165) is 6.08 Å². The van der Waals surface area contributed by atoms with Crippen molar-refractivity contribution in [2.24, 2.45) is 0 Å². The standard InChI is InChI=1S/C17H19BrFNO5S/c1-2-20(14-7-8-26(23,24)11-14)16(21)10-25-17(22)6-3-12-9-13(18)4-5-15(12)19/h3-6,9,14H,2,7-8,10-11H2,1H3/b6-3+. The van der Waals surface area contributed by atoms with Crippen LogP contribution in [0.5, 0.6) is 0 Å². The summed E-state index contributed by atoms with van der Waals surface area (Å²) in [6.45, 7) is 1.57. The third-order valence-electron chi connectivity index (χ3n) is 4.01. The summed E-state index contributed by atoms with van der Waals surface area (Å²) in [6.07, 6.45) is 2.68. The molecule has 1 aromatic carbocycles. The van der Waals surface area contributed by atoms with E-state index in [9.17, 15) is 22.4 Å². The fourth-order valence-corrected chi connectivity index (χ4v) is 4.83. The molecule has 142 valence electrons. The number of ether oxygens (including phenoxy) is 1. The van der Waals surface area contributed by atoms with E-state index in [2.05, 4.69) is 15.9 Å². The molecule has 0 aliphatic carbocycles. The van der Waals surface area contributed by atoms with Crippen LogP contribution in [-0.2, 0) is 24.2 Å². The number of hydrogen-bond donors (Lipinski definition) is 0. The first-order valence-corrected chi connectivity index (χ1v) is 10.6. The number of hydrogen-bond acceptors (Lipinski definition) is 5. The zero-order valence-electron chi connectivity index (χ0n) is 14.2. The molecule has 9 heteroatoms. The molecule has 0 bridgehead atoms. The van der Waals surface area contributed by atoms with Crippen molar-refractivity contribution < 1.29 is 27.1 Å². The topological polar surface area (TPSA) is 80.8 Å². The van der Waals surface area contributed by atoms with Gasteiger partial charge in [0.25, 0.3) is 5.91 Å². The van der Waals surface area contributed by atoms with Gasteiger partial charge in [-0.25, -0.2) is 17.6 Å². The van der Waals surface area contributed by atoms with E-state index in [1.165, 1.54) is 29.2 Å². The second-order valence-corrected chi connectivity index (χ2v) is 8.99. The van der Waals surface area contributed by atoms with Crippen molar-refractivity contribution in [3.05, 3.63) is 40.1 Å². The Bertz CT molecular complexity index is 824. The van der Waals surface area contributed by atoms with Crippen molar-refractivity contribution in [2.45, 2.75) is 19.4 Å². The lowest BCUT2D eigenvalue weighted by Crippen LogP contribution is -2.43. The molecule has 1 saturated heterocycles. The Balaban J connectivity index is 1.90. The van der Waals surface area contributed by atoms with E-state index < -0.39 is 34.1 Å². The van der Waals surface area contributed by atoms with Gasteiger partial charge in [0.15, 0.2) is 16.4 Å². The van der Waals surface area contributed by atoms with E-state index in [1.807, 2.05) is 0 Å². The minimum Gasteiger partial charge on any atom is -0.452 e. The van der Waals surface area contributed by atoms with Crippen LogP contribution >= 0.6 is 15.9 Å². The summed E-state index contributed by atoms with van der Waals surface area (Å²) >= 11 is 3.21. The second-order valence-electron chi connectivity index (χ2n) is 5.84. The average molecular weight is 448 g/mol. The largest absolute Gasteiger partial charge is 0.452 e. The lowest BCUT2D eigenvalue weighted by molar-refractivity contribution is -0.149. The number of amides is 1. The van der Waals surface area contributed by atoms with E-state index in [-0.39, 0.29) is 23.1 Å². The molecule has 1 heterocycles. The molecule has 1 unspecified atom stereocenters. The van der Waals surface area contributed by atoms with E-state index in [4.69, 9.17) is 4.74 Å². The van der Waals surface area contributed by atoms with Crippen LogP contribution < -0.4 is 0 Å². The van der Waals surface area contributed by atoms with Gasteiger partial charge in [0.05, 0.1) is 11.5 Å². The zero-order valence-corrected chi connectivity index (χ0v) is 16.6. The quantitative estimate of drug-likeness (QED) is 0.493. The van der Waals surface area contributed by atoms with Gasteiger partial charge in [-0.3, -0.25) is 4.79 Å². The first kappa shape index (κ1) is 20.6. The fraction of sp³-hybridized carbons (Fsp3) is 0.412. The molecule has 26 heavy (non-hydrogen) atoms. The van der Waals surface area contributed by atoms with Crippen molar-refractivity contribution >= 4 is 43.7 Å². The summed E-state index contributed by atoms with van der Waals surface area (Å²) in [5.74, 6) is -1.74. The Morgan fingerprint density at radius 1 is 1.42 bits per heavy atom. The normalized spacial score (nSPS) is 18.8. The Morgan fingerprint density at radius 3 is 2.77 bits per heavy atom. The van der Waals surface area contributed by atoms with Gasteiger partial charge in [0.1, 0.15) is 5.82 Å². The highest BCUT2D eigenvalue weighted by Gasteiger charge is 2.34. The molecule has 0 saturated carbocycles. The number of carbonyl (C=O) groups excluding carboxylic acids is 2. The summed E-state index contributed by atoms with van der Waals surface area (Å²) in [7, 11) is -3.11. The summed E-state index contributed by atoms with van der Waals surface area (Å²) in [5.41, 5.74) is 0.203. The van der Waals surface area contributed by atoms with Gasteiger partial charge < -0.3 is 9.64 Å². The van der Waals surface area contributed by atoms with Crippen LogP contribution in [0.3, 0.4) is 0 Å². The molecule has 1 fully saturated rings. The monoisotopic (exact) mass is 447 g/mol. The molecule has 0 N–H and O–H groups in total. The maximum absolute atomic E-state index is 13.6. The molecule has 1 atom stereocenters. The minimum absolute atomic E-state index is 0.0577. The number of halogens is 2. The van der Waals surface area contributed by atoms with Crippen LogP contribution in [0.2, 0.25) is 0 Å². The first-order valence-electron chi connectivity index (χ1n) is 8.01. The van der Waals surface area contributed by atoms with Crippen LogP contribution in [0, 0.1) is 5.82 Å². The zero-order chi connectivity index (χ0) is 19.3. The van der Waals surface area contributed by atoms with Gasteiger partial charge in [-0.15, -0.1) is 0 Å². The van der Waals surface area contributed by atoms with Crippen molar-refractivity contribution in [1.82, 2.24) is 4.90 Å². The summed E-state index contributed by atoms with van der Waals surface area (Å²) in [5, 5.41) is 0. The van der Waals surface area contributed by atoms with E-state index >= 15 is 0 Å². The molecule has 0 spiro atoms. The number of sulfone groups is 1. The third-order valence-corrected chi connectivity index (χ3v) is 6.25. The summed E-state index contributed by atoms with van der Waals surface area (Å²) < 4.78 is 42.2. The lowest BCUT2D eigenvalue weighted by Gasteiger charge is -2.26. The predicted molar refractivity (Wildman–Crippen MR) is 98.5 cm³/mol. The Morgan fingerprint density at radius 2 is 2.15 bits per heavy atom. The maximum atomic E-state index is 13.6. The number of benzene rings is 1. The summed E-state index contributed by atoms with van der Waals surface area (Å²) in [6, 6.07) is 3.91. The number of nitrogens with zero attached hydrogens (tertiary/aromatic N) is 1. The summed E-state index contributed by atoms with van der Waals surface area (Å²) in [4.78, 5) is 25.4. The van der Waals surface area contributed by atoms with E-state index in [1.54, 1.807) is 6.92 Å². The van der Waals surface area contributed by atoms with Crippen LogP contribution in [0.1, 0.15) is 18.9 Å². The van der Waals surface area contributed by atoms with Gasteiger partial charge in [-0.05, 0) is 37.6 Å². The van der Waals surface area contributed by atoms with Gasteiger partial charge >= 0.3 is 5.97 Å². The van der Waals surface area contributed by atoms with Crippen molar-refractivity contribution in [2.75, 3.05) is 24.7 Å². The highest BCUT2D eigenvalue weighted by Crippen LogP contribution is 2.18. The lowest BCUT2D eigenvalue weighted by atomic mass is 10.2. The molecule has 2 rings (SSSR count). The minimum atomic E-state index is -3.11. The van der Waals surface area contributed by atoms with Crippen molar-refractivity contribution in [3.8, 4) is 0 Å². The highest BCUT2D eigenvalue weighted by molar-refractivity contribution is 9.10. The van der Waals surface area contributed by atoms with Crippen LogP contribution in [0.25, 0.3) is 6.08 Å². The van der Waals surface area contributed by atoms with Gasteiger partial charge in [-0.2, -0.15) is 0 Å². The molecule has 1 aliphatic rings. The second kappa shape index (κ2) is 8.77. The van der Waals surface area contributed by atoms with Crippen LogP contribution in [0.15, 0.2) is 28.7 Å². The van der Waals surface area contributed by atoms with Crippen LogP contribution in [-0.4, -0.2) is 55.9 Å². The number of rotatable bonds is 6. The molecule has 6 nitrogen and oxygen atoms in total. The van der Waals surface area contributed by atoms with Gasteiger partial charge in [-0.1, -0.05) is 15.9 Å². The number of likely N-dealkylation sites (N-methyl/N-ethyl adjacent to an activating group) is 1.